The molecule has 0 saturated carbocycles. The molecule has 0 aromatic heterocycles. The molecule has 37 heavy (non-hydrogen) atoms. The Hall–Kier alpha value is -3.98. The zero-order chi connectivity index (χ0) is 25.5. The quantitative estimate of drug-likeness (QED) is 0.229. The summed E-state index contributed by atoms with van der Waals surface area (Å²) in [5, 5.41) is 16.1. The maximum Gasteiger partial charge on any atom is 0.0942 e. The van der Waals surface area contributed by atoms with Crippen molar-refractivity contribution in [3.8, 4) is 0 Å². The van der Waals surface area contributed by atoms with Crippen LogP contribution in [-0.4, -0.2) is 29.1 Å². The molecule has 0 aliphatic heterocycles. The van der Waals surface area contributed by atoms with Crippen LogP contribution in [0.1, 0.15) is 29.7 Å². The van der Waals surface area contributed by atoms with Gasteiger partial charge in [-0.15, -0.1) is 0 Å². The highest BCUT2D eigenvalue weighted by atomic mass is 16.3. The third kappa shape index (κ3) is 6.24. The van der Waals surface area contributed by atoms with Crippen LogP contribution < -0.4 is 0 Å². The number of hydrogen-bond acceptors (Lipinski definition) is 2. The van der Waals surface area contributed by atoms with Crippen molar-refractivity contribution in [2.24, 2.45) is 0 Å². The van der Waals surface area contributed by atoms with Gasteiger partial charge in [0, 0.05) is 19.1 Å². The number of nitrogens with zero attached hydrogens (tertiary/aromatic N) is 1. The first kappa shape index (κ1) is 24.7. The predicted octanol–water partition coefficient (Wildman–Crippen LogP) is 8.14. The van der Waals surface area contributed by atoms with Gasteiger partial charge >= 0.3 is 0 Å². The zero-order valence-corrected chi connectivity index (χ0v) is 21.2. The highest BCUT2D eigenvalue weighted by molar-refractivity contribution is 5.85. The van der Waals surface area contributed by atoms with Crippen molar-refractivity contribution in [1.29, 1.82) is 0 Å². The molecule has 0 saturated heterocycles. The standard InChI is InChI=1S/C35H33NO/c1-27(35(37)32-15-3-2-4-16-32)36(23-9-11-28-19-21-30-13-5-7-17-33(30)25-28)24-10-12-29-20-22-31-14-6-8-18-34(31)26-29/h2-22,25-27,35,37H,23-24H2,1H3/b11-9+,12-10+/t27-,35-/m0/s1. The number of hydrogen-bond donors (Lipinski definition) is 1. The van der Waals surface area contributed by atoms with E-state index < -0.39 is 6.10 Å². The number of aliphatic hydroxyl groups is 1. The molecule has 2 atom stereocenters. The van der Waals surface area contributed by atoms with Gasteiger partial charge in [0.15, 0.2) is 0 Å². The van der Waals surface area contributed by atoms with Gasteiger partial charge in [-0.1, -0.05) is 127 Å². The molecule has 2 heteroatoms. The van der Waals surface area contributed by atoms with Crippen molar-refractivity contribution >= 4 is 33.7 Å². The molecule has 0 unspecified atom stereocenters. The summed E-state index contributed by atoms with van der Waals surface area (Å²) in [5.74, 6) is 0. The Morgan fingerprint density at radius 3 is 1.57 bits per heavy atom. The van der Waals surface area contributed by atoms with Gasteiger partial charge in [0.2, 0.25) is 0 Å². The minimum Gasteiger partial charge on any atom is -0.387 e. The molecule has 5 rings (SSSR count). The van der Waals surface area contributed by atoms with Gasteiger partial charge in [0.05, 0.1) is 6.10 Å². The molecule has 0 aliphatic carbocycles. The van der Waals surface area contributed by atoms with Crippen LogP contribution in [0.2, 0.25) is 0 Å². The lowest BCUT2D eigenvalue weighted by molar-refractivity contribution is 0.0710. The van der Waals surface area contributed by atoms with E-state index in [0.717, 1.165) is 18.7 Å². The topological polar surface area (TPSA) is 23.5 Å². The molecule has 0 heterocycles. The van der Waals surface area contributed by atoms with Crippen LogP contribution >= 0.6 is 0 Å². The highest BCUT2D eigenvalue weighted by Crippen LogP contribution is 2.22. The van der Waals surface area contributed by atoms with Gasteiger partial charge in [-0.25, -0.2) is 0 Å². The first-order chi connectivity index (χ1) is 18.2. The lowest BCUT2D eigenvalue weighted by Gasteiger charge is -2.31. The average Bonchev–Trinajstić information content (AvgIpc) is 2.96. The fourth-order valence-corrected chi connectivity index (χ4v) is 4.81. The normalized spacial score (nSPS) is 13.7. The van der Waals surface area contributed by atoms with Crippen molar-refractivity contribution in [3.05, 3.63) is 144 Å². The van der Waals surface area contributed by atoms with Crippen molar-refractivity contribution in [2.75, 3.05) is 13.1 Å². The van der Waals surface area contributed by atoms with E-state index >= 15 is 0 Å². The van der Waals surface area contributed by atoms with Gasteiger partial charge in [-0.2, -0.15) is 0 Å². The summed E-state index contributed by atoms with van der Waals surface area (Å²) in [6, 6.07) is 39.8. The largest absolute Gasteiger partial charge is 0.387 e. The third-order valence-corrected chi connectivity index (χ3v) is 7.02. The Morgan fingerprint density at radius 1 is 0.595 bits per heavy atom. The van der Waals surface area contributed by atoms with Gasteiger partial charge in [-0.05, 0) is 57.3 Å². The molecular weight excluding hydrogens is 450 g/mol. The van der Waals surface area contributed by atoms with Crippen molar-refractivity contribution in [3.63, 3.8) is 0 Å². The first-order valence-corrected chi connectivity index (χ1v) is 13.0. The van der Waals surface area contributed by atoms with Crippen LogP contribution in [0.5, 0.6) is 0 Å². The van der Waals surface area contributed by atoms with E-state index in [9.17, 15) is 5.11 Å². The van der Waals surface area contributed by atoms with E-state index in [1.165, 1.54) is 32.7 Å². The van der Waals surface area contributed by atoms with Gasteiger partial charge in [0.1, 0.15) is 0 Å². The number of fused-ring (bicyclic) bond motifs is 2. The van der Waals surface area contributed by atoms with E-state index in [1.807, 2.05) is 30.3 Å². The minimum atomic E-state index is -0.565. The predicted molar refractivity (Wildman–Crippen MR) is 158 cm³/mol. The molecular formula is C35H33NO. The molecule has 1 N–H and O–H groups in total. The second kappa shape index (κ2) is 11.8. The van der Waals surface area contributed by atoms with Crippen LogP contribution in [0, 0.1) is 0 Å². The van der Waals surface area contributed by atoms with Crippen LogP contribution in [0.3, 0.4) is 0 Å². The van der Waals surface area contributed by atoms with Crippen molar-refractivity contribution in [1.82, 2.24) is 4.90 Å². The number of benzene rings is 5. The van der Waals surface area contributed by atoms with E-state index in [-0.39, 0.29) is 6.04 Å². The Labute approximate surface area is 219 Å². The zero-order valence-electron chi connectivity index (χ0n) is 21.2. The van der Waals surface area contributed by atoms with Crippen LogP contribution in [0.25, 0.3) is 33.7 Å². The molecule has 5 aromatic rings. The van der Waals surface area contributed by atoms with E-state index in [0.29, 0.717) is 0 Å². The Bertz CT molecular complexity index is 1430. The number of rotatable bonds is 9. The molecule has 0 fully saturated rings. The molecule has 0 aliphatic rings. The molecule has 0 amide bonds. The van der Waals surface area contributed by atoms with Crippen LogP contribution in [0.15, 0.2) is 127 Å². The smallest absolute Gasteiger partial charge is 0.0942 e. The minimum absolute atomic E-state index is 0.0510. The molecule has 5 aromatic carbocycles. The van der Waals surface area contributed by atoms with Crippen molar-refractivity contribution in [2.45, 2.75) is 19.1 Å². The van der Waals surface area contributed by atoms with E-state index in [2.05, 4.69) is 121 Å². The maximum absolute atomic E-state index is 11.1. The second-order valence-corrected chi connectivity index (χ2v) is 9.57. The molecule has 0 spiro atoms. The van der Waals surface area contributed by atoms with Gasteiger partial charge in [0.25, 0.3) is 0 Å². The van der Waals surface area contributed by atoms with Gasteiger partial charge in [-0.3, -0.25) is 4.90 Å². The fourth-order valence-electron chi connectivity index (χ4n) is 4.81. The second-order valence-electron chi connectivity index (χ2n) is 9.57. The maximum atomic E-state index is 11.1. The SMILES string of the molecule is C[C@@H]([C@H](O)c1ccccc1)N(C/C=C/c1ccc2ccccc2c1)C/C=C/c1ccc2ccccc2c1. The summed E-state index contributed by atoms with van der Waals surface area (Å²) >= 11 is 0. The highest BCUT2D eigenvalue weighted by Gasteiger charge is 2.21. The lowest BCUT2D eigenvalue weighted by atomic mass is 10.0. The van der Waals surface area contributed by atoms with E-state index in [1.54, 1.807) is 0 Å². The summed E-state index contributed by atoms with van der Waals surface area (Å²) in [7, 11) is 0. The van der Waals surface area contributed by atoms with Crippen molar-refractivity contribution < 1.29 is 5.11 Å². The van der Waals surface area contributed by atoms with E-state index in [4.69, 9.17) is 0 Å². The third-order valence-electron chi connectivity index (χ3n) is 7.02. The summed E-state index contributed by atoms with van der Waals surface area (Å²) in [4.78, 5) is 2.31. The molecule has 184 valence electrons. The van der Waals surface area contributed by atoms with Crippen LogP contribution in [0.4, 0.5) is 0 Å². The number of aliphatic hydroxyl groups excluding tert-OH is 1. The summed E-state index contributed by atoms with van der Waals surface area (Å²) in [6.07, 6.45) is 8.18. The first-order valence-electron chi connectivity index (χ1n) is 13.0. The molecule has 0 bridgehead atoms. The fraction of sp³-hybridized carbons (Fsp3) is 0.143. The summed E-state index contributed by atoms with van der Waals surface area (Å²) in [6.45, 7) is 3.57. The summed E-state index contributed by atoms with van der Waals surface area (Å²) < 4.78 is 0. The summed E-state index contributed by atoms with van der Waals surface area (Å²) in [5.41, 5.74) is 3.31. The average molecular weight is 484 g/mol. The Morgan fingerprint density at radius 2 is 1.05 bits per heavy atom. The molecule has 2 nitrogen and oxygen atoms in total. The van der Waals surface area contributed by atoms with Gasteiger partial charge < -0.3 is 5.11 Å². The Kier molecular flexibility index (Phi) is 7.90. The monoisotopic (exact) mass is 483 g/mol. The van der Waals surface area contributed by atoms with Crippen LogP contribution in [-0.2, 0) is 0 Å². The lowest BCUT2D eigenvalue weighted by Crippen LogP contribution is -2.37. The molecule has 0 radical (unpaired) electrons. The Balaban J connectivity index is 1.33.